The third kappa shape index (κ3) is 4.23. The summed E-state index contributed by atoms with van der Waals surface area (Å²) in [6, 6.07) is 9.55. The van der Waals surface area contributed by atoms with Gasteiger partial charge in [-0.1, -0.05) is 23.2 Å². The number of nitro benzene ring substituents is 1. The van der Waals surface area contributed by atoms with Crippen molar-refractivity contribution in [1.82, 2.24) is 14.7 Å². The van der Waals surface area contributed by atoms with Gasteiger partial charge in [-0.05, 0) is 42.8 Å². The van der Waals surface area contributed by atoms with Gasteiger partial charge in [0.05, 0.1) is 21.9 Å². The largest absolute Gasteiger partial charge is 0.337 e. The van der Waals surface area contributed by atoms with Crippen molar-refractivity contribution in [1.29, 1.82) is 0 Å². The number of non-ortho nitro benzene ring substituents is 1. The summed E-state index contributed by atoms with van der Waals surface area (Å²) < 4.78 is 14.5. The highest BCUT2D eigenvalue weighted by molar-refractivity contribution is 6.33. The summed E-state index contributed by atoms with van der Waals surface area (Å²) in [7, 11) is 1.53. The maximum atomic E-state index is 13.2. The second kappa shape index (κ2) is 8.18. The Morgan fingerprint density at radius 2 is 1.90 bits per heavy atom. The first-order valence-corrected chi connectivity index (χ1v) is 9.14. The Morgan fingerprint density at radius 1 is 1.24 bits per heavy atom. The minimum Gasteiger partial charge on any atom is -0.337 e. The van der Waals surface area contributed by atoms with Crippen LogP contribution in [0.5, 0.6) is 0 Å². The van der Waals surface area contributed by atoms with E-state index in [0.717, 1.165) is 0 Å². The van der Waals surface area contributed by atoms with Crippen molar-refractivity contribution in [3.63, 3.8) is 0 Å². The number of hydrogen-bond acceptors (Lipinski definition) is 4. The number of benzene rings is 2. The van der Waals surface area contributed by atoms with Gasteiger partial charge in [-0.25, -0.2) is 9.07 Å². The molecule has 0 fully saturated rings. The van der Waals surface area contributed by atoms with Gasteiger partial charge in [0.15, 0.2) is 0 Å². The Labute approximate surface area is 175 Å². The van der Waals surface area contributed by atoms with Crippen molar-refractivity contribution in [3.8, 4) is 5.69 Å². The Bertz CT molecular complexity index is 1100. The number of rotatable bonds is 5. The van der Waals surface area contributed by atoms with Crippen LogP contribution in [0, 0.1) is 22.9 Å². The number of aromatic nitrogens is 2. The van der Waals surface area contributed by atoms with Crippen LogP contribution < -0.4 is 0 Å². The SMILES string of the molecule is Cc1nn(-c2ccc(F)cc2)c(Cl)c1C(=O)N(C)Cc1cc([N+](=O)[O-])ccc1Cl. The summed E-state index contributed by atoms with van der Waals surface area (Å²) >= 11 is 12.5. The molecule has 0 radical (unpaired) electrons. The van der Waals surface area contributed by atoms with E-state index in [2.05, 4.69) is 5.10 Å². The van der Waals surface area contributed by atoms with Crippen LogP contribution in [0.1, 0.15) is 21.6 Å². The van der Waals surface area contributed by atoms with E-state index in [0.29, 0.717) is 22.0 Å². The summed E-state index contributed by atoms with van der Waals surface area (Å²) in [5, 5.41) is 15.6. The molecule has 0 aliphatic heterocycles. The summed E-state index contributed by atoms with van der Waals surface area (Å²) in [5.41, 5.74) is 1.38. The van der Waals surface area contributed by atoms with E-state index in [1.54, 1.807) is 6.92 Å². The lowest BCUT2D eigenvalue weighted by Gasteiger charge is -2.18. The average molecular weight is 437 g/mol. The van der Waals surface area contributed by atoms with Gasteiger partial charge in [0.1, 0.15) is 11.0 Å². The second-order valence-electron chi connectivity index (χ2n) is 6.33. The first-order chi connectivity index (χ1) is 13.7. The van der Waals surface area contributed by atoms with Gasteiger partial charge in [-0.3, -0.25) is 14.9 Å². The molecule has 0 saturated carbocycles. The summed E-state index contributed by atoms with van der Waals surface area (Å²) in [6.07, 6.45) is 0. The van der Waals surface area contributed by atoms with Crippen LogP contribution in [0.15, 0.2) is 42.5 Å². The standard InChI is InChI=1S/C19H15Cl2FN4O3/c1-11-17(18(21)25(23-11)14-5-3-13(22)4-6-14)19(27)24(2)10-12-9-15(26(28)29)7-8-16(12)20/h3-9H,10H2,1-2H3. The summed E-state index contributed by atoms with van der Waals surface area (Å²) in [6.45, 7) is 1.67. The molecule has 0 bridgehead atoms. The van der Waals surface area contributed by atoms with Crippen LogP contribution in [0.4, 0.5) is 10.1 Å². The Kier molecular flexibility index (Phi) is 5.86. The lowest BCUT2D eigenvalue weighted by atomic mass is 10.1. The molecular formula is C19H15Cl2FN4O3. The third-order valence-corrected chi connectivity index (χ3v) is 5.00. The number of nitro groups is 1. The van der Waals surface area contributed by atoms with E-state index in [-0.39, 0.29) is 22.9 Å². The molecule has 0 saturated heterocycles. The maximum absolute atomic E-state index is 13.2. The van der Waals surface area contributed by atoms with Crippen LogP contribution in [-0.4, -0.2) is 32.6 Å². The monoisotopic (exact) mass is 436 g/mol. The van der Waals surface area contributed by atoms with Crippen LogP contribution in [0.2, 0.25) is 10.2 Å². The average Bonchev–Trinajstić information content (AvgIpc) is 2.97. The number of carbonyl (C=O) groups excluding carboxylic acids is 1. The van der Waals surface area contributed by atoms with Gasteiger partial charge in [0.2, 0.25) is 0 Å². The molecular weight excluding hydrogens is 422 g/mol. The predicted molar refractivity (Wildman–Crippen MR) is 107 cm³/mol. The van der Waals surface area contributed by atoms with Gasteiger partial charge in [0, 0.05) is 30.7 Å². The molecule has 29 heavy (non-hydrogen) atoms. The first kappa shape index (κ1) is 20.8. The van der Waals surface area contributed by atoms with E-state index in [1.807, 2.05) is 0 Å². The Balaban J connectivity index is 1.90. The third-order valence-electron chi connectivity index (χ3n) is 4.28. The minimum absolute atomic E-state index is 0.0385. The second-order valence-corrected chi connectivity index (χ2v) is 7.10. The quantitative estimate of drug-likeness (QED) is 0.424. The summed E-state index contributed by atoms with van der Waals surface area (Å²) in [4.78, 5) is 24.8. The number of amides is 1. The molecule has 1 amide bonds. The highest BCUT2D eigenvalue weighted by Gasteiger charge is 2.24. The zero-order valence-corrected chi connectivity index (χ0v) is 16.9. The number of halogens is 3. The fraction of sp³-hybridized carbons (Fsp3) is 0.158. The van der Waals surface area contributed by atoms with Gasteiger partial charge in [-0.2, -0.15) is 5.10 Å². The molecule has 10 heteroatoms. The van der Waals surface area contributed by atoms with E-state index in [1.165, 1.54) is 59.1 Å². The molecule has 0 N–H and O–H groups in total. The zero-order valence-electron chi connectivity index (χ0n) is 15.4. The van der Waals surface area contributed by atoms with Gasteiger partial charge < -0.3 is 4.90 Å². The topological polar surface area (TPSA) is 81.3 Å². The minimum atomic E-state index is -0.532. The van der Waals surface area contributed by atoms with Crippen LogP contribution in [-0.2, 0) is 6.54 Å². The molecule has 3 aromatic rings. The highest BCUT2D eigenvalue weighted by atomic mass is 35.5. The number of nitrogens with zero attached hydrogens (tertiary/aromatic N) is 4. The zero-order chi connectivity index (χ0) is 21.3. The molecule has 0 spiro atoms. The molecule has 0 unspecified atom stereocenters. The van der Waals surface area contributed by atoms with E-state index < -0.39 is 16.6 Å². The van der Waals surface area contributed by atoms with Crippen LogP contribution in [0.3, 0.4) is 0 Å². The fourth-order valence-electron chi connectivity index (χ4n) is 2.81. The smallest absolute Gasteiger partial charge is 0.269 e. The number of carbonyl (C=O) groups is 1. The van der Waals surface area contributed by atoms with E-state index in [4.69, 9.17) is 23.2 Å². The van der Waals surface area contributed by atoms with Crippen molar-refractivity contribution in [3.05, 3.63) is 85.4 Å². The van der Waals surface area contributed by atoms with Crippen molar-refractivity contribution in [2.24, 2.45) is 0 Å². The fourth-order valence-corrected chi connectivity index (χ4v) is 3.34. The van der Waals surface area contributed by atoms with Crippen molar-refractivity contribution < 1.29 is 14.1 Å². The lowest BCUT2D eigenvalue weighted by Crippen LogP contribution is -2.27. The molecule has 1 heterocycles. The normalized spacial score (nSPS) is 10.8. The molecule has 3 rings (SSSR count). The maximum Gasteiger partial charge on any atom is 0.269 e. The van der Waals surface area contributed by atoms with E-state index in [9.17, 15) is 19.3 Å². The lowest BCUT2D eigenvalue weighted by molar-refractivity contribution is -0.384. The van der Waals surface area contributed by atoms with Crippen molar-refractivity contribution in [2.45, 2.75) is 13.5 Å². The van der Waals surface area contributed by atoms with Gasteiger partial charge in [0.25, 0.3) is 11.6 Å². The Hall–Kier alpha value is -2.97. The molecule has 7 nitrogen and oxygen atoms in total. The van der Waals surface area contributed by atoms with Gasteiger partial charge >= 0.3 is 0 Å². The molecule has 150 valence electrons. The molecule has 0 aliphatic carbocycles. The molecule has 0 aliphatic rings. The molecule has 2 aromatic carbocycles. The van der Waals surface area contributed by atoms with Gasteiger partial charge in [-0.15, -0.1) is 0 Å². The van der Waals surface area contributed by atoms with Crippen LogP contribution >= 0.6 is 23.2 Å². The highest BCUT2D eigenvalue weighted by Crippen LogP contribution is 2.27. The van der Waals surface area contributed by atoms with E-state index >= 15 is 0 Å². The molecule has 1 aromatic heterocycles. The van der Waals surface area contributed by atoms with Crippen molar-refractivity contribution >= 4 is 34.8 Å². The summed E-state index contributed by atoms with van der Waals surface area (Å²) in [5.74, 6) is -0.831. The number of aryl methyl sites for hydroxylation is 1. The number of hydrogen-bond donors (Lipinski definition) is 0. The Morgan fingerprint density at radius 3 is 2.52 bits per heavy atom. The van der Waals surface area contributed by atoms with Crippen molar-refractivity contribution in [2.75, 3.05) is 7.05 Å². The predicted octanol–water partition coefficient (Wildman–Crippen LogP) is 4.81. The van der Waals surface area contributed by atoms with Crippen LogP contribution in [0.25, 0.3) is 5.69 Å². The molecule has 0 atom stereocenters. The first-order valence-electron chi connectivity index (χ1n) is 8.38.